The van der Waals surface area contributed by atoms with Crippen LogP contribution in [0.2, 0.25) is 0 Å². The SMILES string of the molecule is CCCCC(=N)OCC.CCCCc1nc(C#N)c(C#N)[nH]1.Cl. The quantitative estimate of drug-likeness (QED) is 0.575. The molecule has 0 fully saturated rings. The third kappa shape index (κ3) is 10.3. The Labute approximate surface area is 144 Å². The van der Waals surface area contributed by atoms with Gasteiger partial charge in [-0.15, -0.1) is 12.4 Å². The number of aromatic amines is 1. The second-order valence-electron chi connectivity index (χ2n) is 4.69. The number of halogens is 1. The summed E-state index contributed by atoms with van der Waals surface area (Å²) in [5.41, 5.74) is 0.474. The number of nitrogens with zero attached hydrogens (tertiary/aromatic N) is 3. The summed E-state index contributed by atoms with van der Waals surface area (Å²) in [5, 5.41) is 24.4. The highest BCUT2D eigenvalue weighted by Gasteiger charge is 2.07. The molecule has 1 heterocycles. The molecular weight excluding hydrogens is 314 g/mol. The fourth-order valence-corrected chi connectivity index (χ4v) is 1.63. The summed E-state index contributed by atoms with van der Waals surface area (Å²) < 4.78 is 4.93. The summed E-state index contributed by atoms with van der Waals surface area (Å²) in [6, 6.07) is 3.78. The Morgan fingerprint density at radius 2 is 1.83 bits per heavy atom. The van der Waals surface area contributed by atoms with Gasteiger partial charge < -0.3 is 9.72 Å². The minimum Gasteiger partial charge on any atom is -0.481 e. The Kier molecular flexibility index (Phi) is 15.0. The normalized spacial score (nSPS) is 8.74. The summed E-state index contributed by atoms with van der Waals surface area (Å²) in [5.74, 6) is 1.16. The van der Waals surface area contributed by atoms with Gasteiger partial charge in [0.15, 0.2) is 17.3 Å². The molecule has 0 atom stereocenters. The van der Waals surface area contributed by atoms with Gasteiger partial charge in [-0.1, -0.05) is 26.7 Å². The molecule has 7 heteroatoms. The Morgan fingerprint density at radius 3 is 2.26 bits per heavy atom. The van der Waals surface area contributed by atoms with Gasteiger partial charge in [0.1, 0.15) is 18.0 Å². The smallest absolute Gasteiger partial charge is 0.180 e. The fraction of sp³-hybridized carbons (Fsp3) is 0.625. The molecule has 0 amide bonds. The highest BCUT2D eigenvalue weighted by molar-refractivity contribution is 5.85. The Bertz CT molecular complexity index is 496. The number of H-pyrrole nitrogens is 1. The number of rotatable bonds is 7. The van der Waals surface area contributed by atoms with E-state index in [4.69, 9.17) is 20.7 Å². The molecule has 0 bridgehead atoms. The van der Waals surface area contributed by atoms with E-state index in [2.05, 4.69) is 23.8 Å². The van der Waals surface area contributed by atoms with Crippen molar-refractivity contribution in [3.8, 4) is 12.1 Å². The first-order valence-corrected chi connectivity index (χ1v) is 7.72. The number of nitriles is 2. The number of aromatic nitrogens is 2. The van der Waals surface area contributed by atoms with Crippen molar-refractivity contribution in [2.75, 3.05) is 6.61 Å². The van der Waals surface area contributed by atoms with Crippen molar-refractivity contribution in [3.63, 3.8) is 0 Å². The first-order valence-electron chi connectivity index (χ1n) is 7.72. The van der Waals surface area contributed by atoms with E-state index in [9.17, 15) is 0 Å². The van der Waals surface area contributed by atoms with Gasteiger partial charge in [0.2, 0.25) is 0 Å². The molecule has 0 aliphatic heterocycles. The van der Waals surface area contributed by atoms with Crippen LogP contribution >= 0.6 is 12.4 Å². The fourth-order valence-electron chi connectivity index (χ4n) is 1.63. The van der Waals surface area contributed by atoms with E-state index in [-0.39, 0.29) is 23.8 Å². The van der Waals surface area contributed by atoms with E-state index in [1.165, 1.54) is 0 Å². The predicted molar refractivity (Wildman–Crippen MR) is 92.8 cm³/mol. The molecule has 1 rings (SSSR count). The number of imidazole rings is 1. The van der Waals surface area contributed by atoms with Crippen molar-refractivity contribution in [2.24, 2.45) is 0 Å². The average Bonchev–Trinajstić information content (AvgIpc) is 2.94. The summed E-state index contributed by atoms with van der Waals surface area (Å²) in [6.07, 6.45) is 5.89. The zero-order valence-corrected chi connectivity index (χ0v) is 14.9. The lowest BCUT2D eigenvalue weighted by molar-refractivity contribution is 0.313. The van der Waals surface area contributed by atoms with Crippen LogP contribution < -0.4 is 0 Å². The second-order valence-corrected chi connectivity index (χ2v) is 4.69. The summed E-state index contributed by atoms with van der Waals surface area (Å²) in [4.78, 5) is 6.82. The van der Waals surface area contributed by atoms with Crippen molar-refractivity contribution in [1.82, 2.24) is 9.97 Å². The molecule has 0 aliphatic rings. The van der Waals surface area contributed by atoms with Crippen LogP contribution in [0.5, 0.6) is 0 Å². The molecule has 6 nitrogen and oxygen atoms in total. The van der Waals surface area contributed by atoms with Gasteiger partial charge >= 0.3 is 0 Å². The van der Waals surface area contributed by atoms with Crippen LogP contribution in [0.15, 0.2) is 0 Å². The molecular formula is C16H26ClN5O. The van der Waals surface area contributed by atoms with Crippen molar-refractivity contribution < 1.29 is 4.74 Å². The number of hydrogen-bond acceptors (Lipinski definition) is 5. The summed E-state index contributed by atoms with van der Waals surface area (Å²) in [7, 11) is 0. The minimum absolute atomic E-state index is 0. The first kappa shape index (κ1) is 23.2. The topological polar surface area (TPSA) is 109 Å². The molecule has 0 saturated carbocycles. The van der Waals surface area contributed by atoms with Crippen LogP contribution in [0.25, 0.3) is 0 Å². The van der Waals surface area contributed by atoms with Crippen LogP contribution in [0.3, 0.4) is 0 Å². The Balaban J connectivity index is 0. The third-order valence-electron chi connectivity index (χ3n) is 2.81. The molecule has 2 N–H and O–H groups in total. The highest BCUT2D eigenvalue weighted by atomic mass is 35.5. The molecule has 23 heavy (non-hydrogen) atoms. The van der Waals surface area contributed by atoms with Gasteiger partial charge in [-0.05, 0) is 19.8 Å². The van der Waals surface area contributed by atoms with Crippen LogP contribution in [0.1, 0.15) is 70.1 Å². The maximum atomic E-state index is 8.62. The third-order valence-corrected chi connectivity index (χ3v) is 2.81. The highest BCUT2D eigenvalue weighted by Crippen LogP contribution is 2.06. The number of ether oxygens (including phenoxy) is 1. The summed E-state index contributed by atoms with van der Waals surface area (Å²) in [6.45, 7) is 6.72. The van der Waals surface area contributed by atoms with Crippen molar-refractivity contribution in [2.45, 2.75) is 59.3 Å². The van der Waals surface area contributed by atoms with E-state index < -0.39 is 0 Å². The minimum atomic E-state index is 0. The van der Waals surface area contributed by atoms with Crippen LogP contribution in [-0.2, 0) is 11.2 Å². The van der Waals surface area contributed by atoms with Crippen LogP contribution in [0.4, 0.5) is 0 Å². The van der Waals surface area contributed by atoms with E-state index >= 15 is 0 Å². The summed E-state index contributed by atoms with van der Waals surface area (Å²) >= 11 is 0. The Morgan fingerprint density at radius 1 is 1.17 bits per heavy atom. The first-order chi connectivity index (χ1) is 10.6. The van der Waals surface area contributed by atoms with Crippen molar-refractivity contribution in [3.05, 3.63) is 17.2 Å². The molecule has 0 spiro atoms. The van der Waals surface area contributed by atoms with Gasteiger partial charge in [-0.25, -0.2) is 4.98 Å². The molecule has 0 unspecified atom stereocenters. The standard InChI is InChI=1S/C9H10N4.C7H15NO.ClH/c1-2-3-4-9-12-7(5-10)8(6-11)13-9;1-3-5-6-7(8)9-4-2;/h2-4H2,1H3,(H,12,13);8H,3-6H2,1-2H3;1H. The van der Waals surface area contributed by atoms with Crippen molar-refractivity contribution in [1.29, 1.82) is 15.9 Å². The zero-order valence-electron chi connectivity index (χ0n) is 14.1. The molecule has 0 saturated heterocycles. The maximum absolute atomic E-state index is 8.62. The zero-order chi connectivity index (χ0) is 16.8. The number of hydrogen-bond donors (Lipinski definition) is 2. The van der Waals surface area contributed by atoms with Gasteiger partial charge in [0.25, 0.3) is 0 Å². The Hall–Kier alpha value is -2.05. The van der Waals surface area contributed by atoms with Gasteiger partial charge in [0.05, 0.1) is 6.61 Å². The number of aryl methyl sites for hydroxylation is 1. The van der Waals surface area contributed by atoms with Crippen LogP contribution in [-0.4, -0.2) is 22.5 Å². The molecule has 1 aromatic rings. The average molecular weight is 340 g/mol. The number of unbranched alkanes of at least 4 members (excludes halogenated alkanes) is 2. The van der Waals surface area contributed by atoms with Gasteiger partial charge in [-0.2, -0.15) is 10.5 Å². The molecule has 128 valence electrons. The van der Waals surface area contributed by atoms with E-state index in [0.29, 0.717) is 12.5 Å². The lowest BCUT2D eigenvalue weighted by Gasteiger charge is -2.01. The number of nitrogens with one attached hydrogen (secondary N) is 2. The van der Waals surface area contributed by atoms with E-state index in [1.807, 2.05) is 19.1 Å². The van der Waals surface area contributed by atoms with Crippen LogP contribution in [0, 0.1) is 28.1 Å². The van der Waals surface area contributed by atoms with Gasteiger partial charge in [-0.3, -0.25) is 5.41 Å². The van der Waals surface area contributed by atoms with Crippen molar-refractivity contribution >= 4 is 18.3 Å². The lowest BCUT2D eigenvalue weighted by atomic mass is 10.2. The van der Waals surface area contributed by atoms with E-state index in [0.717, 1.165) is 44.3 Å². The second kappa shape index (κ2) is 14.9. The van der Waals surface area contributed by atoms with Gasteiger partial charge in [0, 0.05) is 12.8 Å². The maximum Gasteiger partial charge on any atom is 0.180 e. The molecule has 0 aliphatic carbocycles. The lowest BCUT2D eigenvalue weighted by Crippen LogP contribution is -2.01. The molecule has 1 aromatic heterocycles. The predicted octanol–water partition coefficient (Wildman–Crippen LogP) is 4.11. The monoisotopic (exact) mass is 339 g/mol. The largest absolute Gasteiger partial charge is 0.481 e. The molecule has 0 radical (unpaired) electrons. The van der Waals surface area contributed by atoms with E-state index in [1.54, 1.807) is 0 Å². The molecule has 0 aromatic carbocycles.